The van der Waals surface area contributed by atoms with Crippen LogP contribution in [0.25, 0.3) is 0 Å². The van der Waals surface area contributed by atoms with Crippen LogP contribution in [0.1, 0.15) is 20.3 Å². The molecule has 0 aliphatic rings. The summed E-state index contributed by atoms with van der Waals surface area (Å²) in [6, 6.07) is 1.32. The molecule has 0 heterocycles. The van der Waals surface area contributed by atoms with Crippen LogP contribution in [0, 0.1) is 0 Å². The molecule has 12 heavy (non-hydrogen) atoms. The molecule has 0 atom stereocenters. The topological polar surface area (TPSA) is 0 Å². The predicted molar refractivity (Wildman–Crippen MR) is 65.4 cm³/mol. The standard InChI is InChI=1S/C10H22Si2/c1-6-12(5,7-2)9-8-10(3,4)11/h6-7H,1-2,8-9H2,3-5,11H3. The first-order valence-corrected chi connectivity index (χ1v) is 8.46. The summed E-state index contributed by atoms with van der Waals surface area (Å²) >= 11 is 0. The van der Waals surface area contributed by atoms with E-state index in [0.717, 1.165) is 0 Å². The lowest BCUT2D eigenvalue weighted by atomic mass is 10.1. The Morgan fingerprint density at radius 2 is 1.75 bits per heavy atom. The van der Waals surface area contributed by atoms with E-state index in [9.17, 15) is 0 Å². The summed E-state index contributed by atoms with van der Waals surface area (Å²) in [5.74, 6) is 0. The molecule has 0 aliphatic heterocycles. The van der Waals surface area contributed by atoms with Gasteiger partial charge in [0, 0.05) is 10.2 Å². The molecular weight excluding hydrogens is 176 g/mol. The summed E-state index contributed by atoms with van der Waals surface area (Å²) in [5.41, 5.74) is 4.29. The van der Waals surface area contributed by atoms with Gasteiger partial charge in [0.05, 0.1) is 8.07 Å². The van der Waals surface area contributed by atoms with Crippen molar-refractivity contribution in [3.05, 3.63) is 24.6 Å². The molecule has 0 saturated heterocycles. The first-order chi connectivity index (χ1) is 5.33. The van der Waals surface area contributed by atoms with Crippen molar-refractivity contribution in [1.29, 1.82) is 0 Å². The Bertz CT molecular complexity index is 157. The van der Waals surface area contributed by atoms with E-state index in [-0.39, 0.29) is 0 Å². The largest absolute Gasteiger partial charge is 0.107 e. The van der Waals surface area contributed by atoms with Crippen LogP contribution in [0.2, 0.25) is 17.6 Å². The Hall–Kier alpha value is -0.0862. The minimum Gasteiger partial charge on any atom is -0.107 e. The molecule has 0 aromatic rings. The summed E-state index contributed by atoms with van der Waals surface area (Å²) in [6.07, 6.45) is 1.33. The Morgan fingerprint density at radius 3 is 2.00 bits per heavy atom. The maximum Gasteiger partial charge on any atom is 0.0973 e. The Balaban J connectivity index is 4.06. The zero-order valence-corrected chi connectivity index (χ0v) is 12.0. The summed E-state index contributed by atoms with van der Waals surface area (Å²) < 4.78 is 0. The van der Waals surface area contributed by atoms with Gasteiger partial charge in [0.2, 0.25) is 0 Å². The van der Waals surface area contributed by atoms with Crippen LogP contribution < -0.4 is 0 Å². The second-order valence-corrected chi connectivity index (χ2v) is 12.0. The van der Waals surface area contributed by atoms with Gasteiger partial charge >= 0.3 is 0 Å². The fourth-order valence-electron chi connectivity index (χ4n) is 0.932. The molecule has 0 saturated carbocycles. The fourth-order valence-corrected chi connectivity index (χ4v) is 3.55. The third-order valence-electron chi connectivity index (χ3n) is 2.35. The first-order valence-electron chi connectivity index (χ1n) is 4.60. The lowest BCUT2D eigenvalue weighted by Gasteiger charge is -2.24. The molecule has 0 rings (SSSR count). The van der Waals surface area contributed by atoms with Crippen LogP contribution in [-0.4, -0.2) is 18.3 Å². The predicted octanol–water partition coefficient (Wildman–Crippen LogP) is 2.47. The van der Waals surface area contributed by atoms with Gasteiger partial charge in [-0.05, 0) is 5.04 Å². The van der Waals surface area contributed by atoms with Gasteiger partial charge in [-0.2, -0.15) is 0 Å². The third kappa shape index (κ3) is 4.72. The van der Waals surface area contributed by atoms with Gasteiger partial charge in [-0.15, -0.1) is 13.2 Å². The zero-order valence-electron chi connectivity index (χ0n) is 8.98. The van der Waals surface area contributed by atoms with Crippen LogP contribution in [0.15, 0.2) is 24.6 Å². The Kier molecular flexibility index (Phi) is 4.21. The molecule has 0 nitrogen and oxygen atoms in total. The highest BCUT2D eigenvalue weighted by molar-refractivity contribution is 6.87. The third-order valence-corrected chi connectivity index (χ3v) is 6.04. The molecule has 0 aromatic heterocycles. The van der Waals surface area contributed by atoms with Crippen molar-refractivity contribution in [2.24, 2.45) is 0 Å². The molecule has 0 radical (unpaired) electrons. The number of rotatable bonds is 5. The molecule has 0 aliphatic carbocycles. The quantitative estimate of drug-likeness (QED) is 0.596. The molecule has 0 fully saturated rings. The second-order valence-electron chi connectivity index (χ2n) is 4.97. The van der Waals surface area contributed by atoms with Crippen molar-refractivity contribution in [3.63, 3.8) is 0 Å². The van der Waals surface area contributed by atoms with E-state index in [1.807, 2.05) is 0 Å². The van der Waals surface area contributed by atoms with E-state index in [0.29, 0.717) is 5.04 Å². The molecular formula is C10H22Si2. The van der Waals surface area contributed by atoms with Gasteiger partial charge in [0.1, 0.15) is 0 Å². The average Bonchev–Trinajstić information content (AvgIpc) is 1.99. The van der Waals surface area contributed by atoms with Crippen LogP contribution in [0.5, 0.6) is 0 Å². The van der Waals surface area contributed by atoms with Gasteiger partial charge in [0.25, 0.3) is 0 Å². The lowest BCUT2D eigenvalue weighted by molar-refractivity contribution is 0.649. The monoisotopic (exact) mass is 198 g/mol. The molecule has 0 aromatic carbocycles. The van der Waals surface area contributed by atoms with Crippen LogP contribution in [0.3, 0.4) is 0 Å². The van der Waals surface area contributed by atoms with E-state index < -0.39 is 8.07 Å². The van der Waals surface area contributed by atoms with Gasteiger partial charge < -0.3 is 0 Å². The number of hydrogen-bond acceptors (Lipinski definition) is 0. The van der Waals surface area contributed by atoms with Crippen molar-refractivity contribution in [1.82, 2.24) is 0 Å². The molecule has 0 bridgehead atoms. The minimum atomic E-state index is -1.26. The summed E-state index contributed by atoms with van der Waals surface area (Å²) in [4.78, 5) is 0. The Morgan fingerprint density at radius 1 is 1.33 bits per heavy atom. The smallest absolute Gasteiger partial charge is 0.0973 e. The summed E-state index contributed by atoms with van der Waals surface area (Å²) in [7, 11) is 0.0230. The normalized spacial score (nSPS) is 12.9. The minimum absolute atomic E-state index is 0.584. The average molecular weight is 198 g/mol. The maximum absolute atomic E-state index is 3.91. The van der Waals surface area contributed by atoms with Crippen LogP contribution in [0.4, 0.5) is 0 Å². The summed E-state index contributed by atoms with van der Waals surface area (Å²) in [5, 5.41) is 0.584. The van der Waals surface area contributed by atoms with E-state index in [1.165, 1.54) is 22.7 Å². The second kappa shape index (κ2) is 4.24. The Labute approximate surface area is 81.2 Å². The highest BCUT2D eigenvalue weighted by atomic mass is 28.3. The zero-order chi connectivity index (χ0) is 9.83. The van der Waals surface area contributed by atoms with Crippen LogP contribution in [-0.2, 0) is 0 Å². The maximum atomic E-state index is 3.91. The van der Waals surface area contributed by atoms with E-state index >= 15 is 0 Å². The number of hydrogen-bond donors (Lipinski definition) is 0. The SMILES string of the molecule is C=C[Si](C)(C=C)CCC(C)(C)[SiH3]. The molecule has 70 valence electrons. The van der Waals surface area contributed by atoms with Crippen molar-refractivity contribution in [2.75, 3.05) is 0 Å². The van der Waals surface area contributed by atoms with Gasteiger partial charge in [-0.3, -0.25) is 0 Å². The highest BCUT2D eigenvalue weighted by Gasteiger charge is 2.21. The van der Waals surface area contributed by atoms with E-state index in [2.05, 4.69) is 45.0 Å². The van der Waals surface area contributed by atoms with Gasteiger partial charge in [-0.25, -0.2) is 0 Å². The van der Waals surface area contributed by atoms with E-state index in [1.54, 1.807) is 0 Å². The van der Waals surface area contributed by atoms with E-state index in [4.69, 9.17) is 0 Å². The lowest BCUT2D eigenvalue weighted by Crippen LogP contribution is -2.25. The molecule has 2 heteroatoms. The fraction of sp³-hybridized carbons (Fsp3) is 0.600. The van der Waals surface area contributed by atoms with Crippen LogP contribution >= 0.6 is 0 Å². The molecule has 0 unspecified atom stereocenters. The molecule has 0 spiro atoms. The van der Waals surface area contributed by atoms with Crippen molar-refractivity contribution in [2.45, 2.75) is 37.9 Å². The highest BCUT2D eigenvalue weighted by Crippen LogP contribution is 2.29. The summed E-state index contributed by atoms with van der Waals surface area (Å²) in [6.45, 7) is 14.8. The van der Waals surface area contributed by atoms with Crippen molar-refractivity contribution >= 4 is 18.3 Å². The molecule has 0 amide bonds. The van der Waals surface area contributed by atoms with Gasteiger partial charge in [0.15, 0.2) is 0 Å². The van der Waals surface area contributed by atoms with Crippen molar-refractivity contribution in [3.8, 4) is 0 Å². The van der Waals surface area contributed by atoms with Gasteiger partial charge in [-0.1, -0.05) is 44.3 Å². The first kappa shape index (κ1) is 11.9. The molecule has 0 N–H and O–H groups in total. The van der Waals surface area contributed by atoms with Crippen molar-refractivity contribution < 1.29 is 0 Å².